The summed E-state index contributed by atoms with van der Waals surface area (Å²) in [7, 11) is -3.87. The lowest BCUT2D eigenvalue weighted by atomic mass is 10.2. The quantitative estimate of drug-likeness (QED) is 0.558. The number of nitrogens with two attached hydrogens (primary N) is 1. The standard InChI is InChI=1S/C20H24F2N4O2S/c1-3-4-6-17-25-18-19(13(2)12-24-20(18)23)26(17)9-5-10-29(27,28)16-8-7-14(21)11-15(16)22/h7-8,11-12H,3-6,9-10H2,1-2H3,(H2,23,24). The van der Waals surface area contributed by atoms with Crippen molar-refractivity contribution in [2.24, 2.45) is 0 Å². The second kappa shape index (κ2) is 8.44. The molecule has 0 radical (unpaired) electrons. The first-order chi connectivity index (χ1) is 13.7. The van der Waals surface area contributed by atoms with E-state index < -0.39 is 26.4 Å². The van der Waals surface area contributed by atoms with Gasteiger partial charge in [-0.1, -0.05) is 13.3 Å². The highest BCUT2D eigenvalue weighted by Gasteiger charge is 2.21. The topological polar surface area (TPSA) is 90.9 Å². The summed E-state index contributed by atoms with van der Waals surface area (Å²) in [6, 6.07) is 2.50. The van der Waals surface area contributed by atoms with E-state index in [1.807, 2.05) is 11.5 Å². The Morgan fingerprint density at radius 2 is 1.97 bits per heavy atom. The number of unbranched alkanes of at least 4 members (excludes halogenated alkanes) is 1. The van der Waals surface area contributed by atoms with Crippen molar-refractivity contribution < 1.29 is 17.2 Å². The van der Waals surface area contributed by atoms with Crippen LogP contribution in [0.15, 0.2) is 29.3 Å². The third kappa shape index (κ3) is 4.39. The lowest BCUT2D eigenvalue weighted by molar-refractivity contribution is 0.546. The summed E-state index contributed by atoms with van der Waals surface area (Å²) < 4.78 is 54.0. The van der Waals surface area contributed by atoms with Gasteiger partial charge in [0.1, 0.15) is 27.9 Å². The van der Waals surface area contributed by atoms with Crippen LogP contribution in [-0.2, 0) is 22.8 Å². The Bertz CT molecular complexity index is 1140. The van der Waals surface area contributed by atoms with Crippen LogP contribution in [0.3, 0.4) is 0 Å². The Kier molecular flexibility index (Phi) is 6.16. The molecule has 0 aliphatic rings. The summed E-state index contributed by atoms with van der Waals surface area (Å²) in [5, 5.41) is 0. The summed E-state index contributed by atoms with van der Waals surface area (Å²) in [6.07, 6.45) is 4.60. The van der Waals surface area contributed by atoms with E-state index in [0.717, 1.165) is 48.3 Å². The van der Waals surface area contributed by atoms with Gasteiger partial charge in [-0.15, -0.1) is 0 Å². The molecule has 29 heavy (non-hydrogen) atoms. The second-order valence-corrected chi connectivity index (χ2v) is 9.13. The van der Waals surface area contributed by atoms with Crippen molar-refractivity contribution in [1.82, 2.24) is 14.5 Å². The Balaban J connectivity index is 1.87. The minimum Gasteiger partial charge on any atom is -0.382 e. The predicted molar refractivity (Wildman–Crippen MR) is 108 cm³/mol. The first-order valence-corrected chi connectivity index (χ1v) is 11.2. The molecule has 2 N–H and O–H groups in total. The van der Waals surface area contributed by atoms with E-state index in [9.17, 15) is 17.2 Å². The smallest absolute Gasteiger partial charge is 0.181 e. The molecule has 6 nitrogen and oxygen atoms in total. The number of anilines is 1. The van der Waals surface area contributed by atoms with Gasteiger partial charge in [-0.3, -0.25) is 0 Å². The molecule has 2 aromatic heterocycles. The number of aryl methyl sites for hydroxylation is 3. The van der Waals surface area contributed by atoms with E-state index >= 15 is 0 Å². The van der Waals surface area contributed by atoms with Crippen molar-refractivity contribution in [2.45, 2.75) is 51.0 Å². The van der Waals surface area contributed by atoms with Crippen LogP contribution in [0.5, 0.6) is 0 Å². The third-order valence-corrected chi connectivity index (χ3v) is 6.67. The fraction of sp³-hybridized carbons (Fsp3) is 0.400. The first-order valence-electron chi connectivity index (χ1n) is 9.52. The van der Waals surface area contributed by atoms with Crippen LogP contribution in [0, 0.1) is 18.6 Å². The molecule has 0 fully saturated rings. The second-order valence-electron chi connectivity index (χ2n) is 7.05. The van der Waals surface area contributed by atoms with Crippen LogP contribution in [-0.4, -0.2) is 28.7 Å². The van der Waals surface area contributed by atoms with Gasteiger partial charge in [0.25, 0.3) is 0 Å². The first kappa shape index (κ1) is 21.2. The maximum absolute atomic E-state index is 13.9. The lowest BCUT2D eigenvalue weighted by Gasteiger charge is -2.11. The number of hydrogen-bond acceptors (Lipinski definition) is 5. The van der Waals surface area contributed by atoms with E-state index in [2.05, 4.69) is 16.9 Å². The molecule has 0 aliphatic heterocycles. The van der Waals surface area contributed by atoms with Gasteiger partial charge in [-0.05, 0) is 37.5 Å². The van der Waals surface area contributed by atoms with Gasteiger partial charge in [-0.2, -0.15) is 0 Å². The van der Waals surface area contributed by atoms with Gasteiger partial charge in [0.15, 0.2) is 15.7 Å². The number of halogens is 2. The molecule has 9 heteroatoms. The van der Waals surface area contributed by atoms with Crippen LogP contribution in [0.1, 0.15) is 37.6 Å². The van der Waals surface area contributed by atoms with Crippen LogP contribution < -0.4 is 5.73 Å². The number of rotatable bonds is 8. The fourth-order valence-electron chi connectivity index (χ4n) is 3.38. The molecule has 0 amide bonds. The molecule has 1 aromatic carbocycles. The molecule has 2 heterocycles. The summed E-state index contributed by atoms with van der Waals surface area (Å²) in [5.41, 5.74) is 8.34. The Morgan fingerprint density at radius 1 is 1.21 bits per heavy atom. The van der Waals surface area contributed by atoms with Crippen molar-refractivity contribution in [2.75, 3.05) is 11.5 Å². The molecule has 3 aromatic rings. The van der Waals surface area contributed by atoms with E-state index in [4.69, 9.17) is 5.73 Å². The van der Waals surface area contributed by atoms with Crippen LogP contribution in [0.4, 0.5) is 14.6 Å². The molecule has 0 aliphatic carbocycles. The molecule has 0 saturated carbocycles. The van der Waals surface area contributed by atoms with Gasteiger partial charge in [0.05, 0.1) is 11.3 Å². The fourth-order valence-corrected chi connectivity index (χ4v) is 4.74. The summed E-state index contributed by atoms with van der Waals surface area (Å²) in [6.45, 7) is 4.38. The van der Waals surface area contributed by atoms with Gasteiger partial charge in [0, 0.05) is 25.2 Å². The van der Waals surface area contributed by atoms with Gasteiger partial charge >= 0.3 is 0 Å². The highest BCUT2D eigenvalue weighted by atomic mass is 32.2. The average Bonchev–Trinajstić information content (AvgIpc) is 3.02. The van der Waals surface area contributed by atoms with Gasteiger partial charge in [0.2, 0.25) is 0 Å². The molecule has 0 unspecified atom stereocenters. The van der Waals surface area contributed by atoms with E-state index in [0.29, 0.717) is 23.9 Å². The van der Waals surface area contributed by atoms with Crippen molar-refractivity contribution in [3.8, 4) is 0 Å². The normalized spacial score (nSPS) is 12.0. The number of nitrogen functional groups attached to an aromatic ring is 1. The van der Waals surface area contributed by atoms with E-state index in [1.165, 1.54) is 0 Å². The molecular formula is C20H24F2N4O2S. The zero-order valence-corrected chi connectivity index (χ0v) is 17.3. The van der Waals surface area contributed by atoms with Crippen LogP contribution in [0.2, 0.25) is 0 Å². The van der Waals surface area contributed by atoms with Crippen molar-refractivity contribution >= 4 is 26.7 Å². The van der Waals surface area contributed by atoms with Crippen LogP contribution in [0.25, 0.3) is 11.0 Å². The van der Waals surface area contributed by atoms with E-state index in [-0.39, 0.29) is 12.2 Å². The number of nitrogens with zero attached hydrogens (tertiary/aromatic N) is 3. The third-order valence-electron chi connectivity index (χ3n) is 4.84. The number of sulfone groups is 1. The molecular weight excluding hydrogens is 398 g/mol. The Labute approximate surface area is 168 Å². The van der Waals surface area contributed by atoms with Gasteiger partial charge in [-0.25, -0.2) is 27.2 Å². The maximum atomic E-state index is 13.9. The number of hydrogen-bond donors (Lipinski definition) is 1. The van der Waals surface area contributed by atoms with Gasteiger partial charge < -0.3 is 10.3 Å². The Hall–Kier alpha value is -2.55. The maximum Gasteiger partial charge on any atom is 0.181 e. The average molecular weight is 423 g/mol. The summed E-state index contributed by atoms with van der Waals surface area (Å²) >= 11 is 0. The number of imidazole rings is 1. The minimum atomic E-state index is -3.87. The molecule has 0 saturated heterocycles. The molecule has 156 valence electrons. The van der Waals surface area contributed by atoms with E-state index in [1.54, 1.807) is 6.20 Å². The van der Waals surface area contributed by atoms with Crippen molar-refractivity contribution in [1.29, 1.82) is 0 Å². The molecule has 3 rings (SSSR count). The number of benzene rings is 1. The highest BCUT2D eigenvalue weighted by molar-refractivity contribution is 7.91. The summed E-state index contributed by atoms with van der Waals surface area (Å²) in [5.74, 6) is -0.981. The number of pyridine rings is 1. The largest absolute Gasteiger partial charge is 0.382 e. The monoisotopic (exact) mass is 422 g/mol. The van der Waals surface area contributed by atoms with Crippen molar-refractivity contribution in [3.05, 3.63) is 47.4 Å². The number of aromatic nitrogens is 3. The molecule has 0 spiro atoms. The van der Waals surface area contributed by atoms with Crippen LogP contribution >= 0.6 is 0 Å². The summed E-state index contributed by atoms with van der Waals surface area (Å²) in [4.78, 5) is 8.30. The predicted octanol–water partition coefficient (Wildman–Crippen LogP) is 3.81. The minimum absolute atomic E-state index is 0.255. The molecule has 0 atom stereocenters. The SMILES string of the molecule is CCCCc1nc2c(N)ncc(C)c2n1CCCS(=O)(=O)c1ccc(F)cc1F. The molecule has 0 bridgehead atoms. The number of fused-ring (bicyclic) bond motifs is 1. The lowest BCUT2D eigenvalue weighted by Crippen LogP contribution is -2.13. The van der Waals surface area contributed by atoms with Crippen molar-refractivity contribution in [3.63, 3.8) is 0 Å². The highest BCUT2D eigenvalue weighted by Crippen LogP contribution is 2.25. The Morgan fingerprint density at radius 3 is 2.66 bits per heavy atom. The zero-order chi connectivity index (χ0) is 21.2. The zero-order valence-electron chi connectivity index (χ0n) is 16.5.